The topological polar surface area (TPSA) is 76.0 Å². The van der Waals surface area contributed by atoms with E-state index in [4.69, 9.17) is 0 Å². The van der Waals surface area contributed by atoms with Crippen molar-refractivity contribution in [3.63, 3.8) is 0 Å². The first-order valence-electron chi connectivity index (χ1n) is 7.81. The van der Waals surface area contributed by atoms with Gasteiger partial charge in [0, 0.05) is 38.2 Å². The Morgan fingerprint density at radius 1 is 1.35 bits per heavy atom. The van der Waals surface area contributed by atoms with Crippen molar-refractivity contribution >= 4 is 15.7 Å². The number of rotatable bonds is 6. The van der Waals surface area contributed by atoms with Gasteiger partial charge in [0.2, 0.25) is 0 Å². The molecule has 0 amide bonds. The lowest BCUT2D eigenvalue weighted by molar-refractivity contribution is 0.394. The van der Waals surface area contributed by atoms with Crippen LogP contribution in [0.25, 0.3) is 0 Å². The highest BCUT2D eigenvalue weighted by molar-refractivity contribution is 7.91. The van der Waals surface area contributed by atoms with E-state index in [1.807, 2.05) is 23.7 Å². The third-order valence-electron chi connectivity index (χ3n) is 3.99. The van der Waals surface area contributed by atoms with Crippen LogP contribution in [0.2, 0.25) is 0 Å². The third kappa shape index (κ3) is 3.92. The molecule has 23 heavy (non-hydrogen) atoms. The van der Waals surface area contributed by atoms with Crippen LogP contribution in [-0.4, -0.2) is 43.6 Å². The standard InChI is InChI=1S/C16H22N4O2S/c1-13-9-16-18-11-14(12-20(16)19-13)10-17-7-8-23(21,22)15-5-3-2-4-6-15/h2-6,9,14,17-18H,7-8,10-12H2,1H3/t14-/m1/s1. The van der Waals surface area contributed by atoms with Gasteiger partial charge in [0.1, 0.15) is 5.82 Å². The van der Waals surface area contributed by atoms with Gasteiger partial charge in [-0.25, -0.2) is 13.1 Å². The highest BCUT2D eigenvalue weighted by atomic mass is 32.2. The van der Waals surface area contributed by atoms with Gasteiger partial charge in [0.05, 0.1) is 16.3 Å². The SMILES string of the molecule is Cc1cc2n(n1)C[C@H](CNCCS(=O)(=O)c1ccccc1)CN2. The number of hydrogen-bond donors (Lipinski definition) is 2. The molecule has 0 saturated carbocycles. The molecule has 1 aliphatic heterocycles. The van der Waals surface area contributed by atoms with Crippen molar-refractivity contribution in [3.05, 3.63) is 42.1 Å². The van der Waals surface area contributed by atoms with Crippen LogP contribution in [0.3, 0.4) is 0 Å². The maximum atomic E-state index is 12.2. The number of fused-ring (bicyclic) bond motifs is 1. The van der Waals surface area contributed by atoms with Crippen molar-refractivity contribution in [1.82, 2.24) is 15.1 Å². The van der Waals surface area contributed by atoms with E-state index >= 15 is 0 Å². The molecule has 1 aromatic carbocycles. The minimum atomic E-state index is -3.20. The predicted octanol–water partition coefficient (Wildman–Crippen LogP) is 1.30. The first kappa shape index (κ1) is 16.0. The summed E-state index contributed by atoms with van der Waals surface area (Å²) in [6.07, 6.45) is 0. The molecule has 6 nitrogen and oxygen atoms in total. The number of benzene rings is 1. The molecule has 1 atom stereocenters. The van der Waals surface area contributed by atoms with Crippen LogP contribution in [0.1, 0.15) is 5.69 Å². The molecule has 0 aliphatic carbocycles. The fourth-order valence-corrected chi connectivity index (χ4v) is 4.00. The largest absolute Gasteiger partial charge is 0.370 e. The predicted molar refractivity (Wildman–Crippen MR) is 90.3 cm³/mol. The maximum Gasteiger partial charge on any atom is 0.179 e. The molecular formula is C16H22N4O2S. The normalized spacial score (nSPS) is 17.5. The summed E-state index contributed by atoms with van der Waals surface area (Å²) in [5, 5.41) is 11.1. The summed E-state index contributed by atoms with van der Waals surface area (Å²) in [7, 11) is -3.20. The summed E-state index contributed by atoms with van der Waals surface area (Å²) in [6, 6.07) is 10.6. The number of sulfone groups is 1. The van der Waals surface area contributed by atoms with Crippen molar-refractivity contribution in [1.29, 1.82) is 0 Å². The van der Waals surface area contributed by atoms with Gasteiger partial charge >= 0.3 is 0 Å². The molecule has 0 fully saturated rings. The average molecular weight is 334 g/mol. The van der Waals surface area contributed by atoms with Crippen molar-refractivity contribution in [2.45, 2.75) is 18.4 Å². The van der Waals surface area contributed by atoms with Gasteiger partial charge in [0.25, 0.3) is 0 Å². The molecule has 124 valence electrons. The number of aromatic nitrogens is 2. The summed E-state index contributed by atoms with van der Waals surface area (Å²) in [5.74, 6) is 1.58. The molecule has 0 radical (unpaired) electrons. The second-order valence-corrected chi connectivity index (χ2v) is 8.05. The maximum absolute atomic E-state index is 12.2. The Balaban J connectivity index is 1.46. The molecule has 3 rings (SSSR count). The van der Waals surface area contributed by atoms with E-state index < -0.39 is 9.84 Å². The first-order valence-corrected chi connectivity index (χ1v) is 9.47. The van der Waals surface area contributed by atoms with Gasteiger partial charge in [-0.15, -0.1) is 0 Å². The molecule has 2 aromatic rings. The average Bonchev–Trinajstić information content (AvgIpc) is 2.92. The monoisotopic (exact) mass is 334 g/mol. The molecule has 1 aliphatic rings. The van der Waals surface area contributed by atoms with E-state index in [0.29, 0.717) is 17.4 Å². The number of nitrogens with one attached hydrogen (secondary N) is 2. The molecular weight excluding hydrogens is 312 g/mol. The summed E-state index contributed by atoms with van der Waals surface area (Å²) < 4.78 is 26.3. The summed E-state index contributed by atoms with van der Waals surface area (Å²) in [4.78, 5) is 0.387. The van der Waals surface area contributed by atoms with Gasteiger partial charge < -0.3 is 10.6 Å². The zero-order chi connectivity index (χ0) is 16.3. The Labute approximate surface area is 136 Å². The van der Waals surface area contributed by atoms with Gasteiger partial charge in [-0.05, 0) is 19.1 Å². The molecule has 7 heteroatoms. The van der Waals surface area contributed by atoms with Crippen LogP contribution in [0.4, 0.5) is 5.82 Å². The summed E-state index contributed by atoms with van der Waals surface area (Å²) in [6.45, 7) is 4.95. The molecule has 1 aromatic heterocycles. The van der Waals surface area contributed by atoms with Crippen molar-refractivity contribution in [2.24, 2.45) is 5.92 Å². The van der Waals surface area contributed by atoms with Crippen molar-refractivity contribution < 1.29 is 8.42 Å². The molecule has 0 unspecified atom stereocenters. The van der Waals surface area contributed by atoms with Crippen LogP contribution in [0.15, 0.2) is 41.3 Å². The minimum Gasteiger partial charge on any atom is -0.370 e. The van der Waals surface area contributed by atoms with E-state index in [1.165, 1.54) is 0 Å². The molecule has 2 N–H and O–H groups in total. The van der Waals surface area contributed by atoms with Crippen LogP contribution in [0, 0.1) is 12.8 Å². The number of hydrogen-bond acceptors (Lipinski definition) is 5. The van der Waals surface area contributed by atoms with E-state index in [0.717, 1.165) is 31.1 Å². The molecule has 0 saturated heterocycles. The number of nitrogens with zero attached hydrogens (tertiary/aromatic N) is 2. The van der Waals surface area contributed by atoms with Crippen molar-refractivity contribution in [3.8, 4) is 0 Å². The Morgan fingerprint density at radius 2 is 2.13 bits per heavy atom. The van der Waals surface area contributed by atoms with Gasteiger partial charge in [-0.1, -0.05) is 18.2 Å². The van der Waals surface area contributed by atoms with Gasteiger partial charge in [0.15, 0.2) is 9.84 Å². The lowest BCUT2D eigenvalue weighted by Crippen LogP contribution is -2.36. The molecule has 0 spiro atoms. The van der Waals surface area contributed by atoms with Crippen molar-refractivity contribution in [2.75, 3.05) is 30.7 Å². The van der Waals surface area contributed by atoms with Gasteiger partial charge in [-0.3, -0.25) is 0 Å². The quantitative estimate of drug-likeness (QED) is 0.779. The first-order chi connectivity index (χ1) is 11.0. The number of anilines is 1. The summed E-state index contributed by atoms with van der Waals surface area (Å²) >= 11 is 0. The Bertz CT molecular complexity index is 756. The lowest BCUT2D eigenvalue weighted by Gasteiger charge is -2.25. The zero-order valence-electron chi connectivity index (χ0n) is 13.2. The number of aryl methyl sites for hydroxylation is 1. The van der Waals surface area contributed by atoms with Gasteiger partial charge in [-0.2, -0.15) is 5.10 Å². The van der Waals surface area contributed by atoms with E-state index in [-0.39, 0.29) is 5.75 Å². The minimum absolute atomic E-state index is 0.114. The zero-order valence-corrected chi connectivity index (χ0v) is 14.0. The van der Waals surface area contributed by atoms with E-state index in [9.17, 15) is 8.42 Å². The molecule has 2 heterocycles. The van der Waals surface area contributed by atoms with Crippen LogP contribution in [0.5, 0.6) is 0 Å². The third-order valence-corrected chi connectivity index (χ3v) is 5.72. The second kappa shape index (κ2) is 6.72. The lowest BCUT2D eigenvalue weighted by atomic mass is 10.1. The van der Waals surface area contributed by atoms with Crippen LogP contribution >= 0.6 is 0 Å². The summed E-state index contributed by atoms with van der Waals surface area (Å²) in [5.41, 5.74) is 1.01. The van der Waals surface area contributed by atoms with E-state index in [1.54, 1.807) is 24.3 Å². The van der Waals surface area contributed by atoms with Crippen LogP contribution < -0.4 is 10.6 Å². The fourth-order valence-electron chi connectivity index (χ4n) is 2.78. The fraction of sp³-hybridized carbons (Fsp3) is 0.438. The van der Waals surface area contributed by atoms with Crippen LogP contribution in [-0.2, 0) is 16.4 Å². The second-order valence-electron chi connectivity index (χ2n) is 5.94. The highest BCUT2D eigenvalue weighted by Gasteiger charge is 2.19. The Hall–Kier alpha value is -1.86. The Morgan fingerprint density at radius 3 is 2.91 bits per heavy atom. The van der Waals surface area contributed by atoms with E-state index in [2.05, 4.69) is 15.7 Å². The smallest absolute Gasteiger partial charge is 0.179 e. The molecule has 0 bridgehead atoms. The highest BCUT2D eigenvalue weighted by Crippen LogP contribution is 2.17. The Kier molecular flexibility index (Phi) is 4.68.